The molecule has 2 aromatic rings. The van der Waals surface area contributed by atoms with E-state index in [0.717, 1.165) is 49.4 Å². The molecule has 0 bridgehead atoms. The van der Waals surface area contributed by atoms with Crippen molar-refractivity contribution in [3.05, 3.63) is 59.4 Å². The number of para-hydroxylation sites is 1. The van der Waals surface area contributed by atoms with Crippen LogP contribution in [0.2, 0.25) is 0 Å². The van der Waals surface area contributed by atoms with Crippen LogP contribution < -0.4 is 10.2 Å². The molecule has 1 heterocycles. The second kappa shape index (κ2) is 11.9. The lowest BCUT2D eigenvalue weighted by molar-refractivity contribution is 0.0955. The zero-order valence-electron chi connectivity index (χ0n) is 17.0. The van der Waals surface area contributed by atoms with Gasteiger partial charge in [0.05, 0.1) is 12.8 Å². The Morgan fingerprint density at radius 2 is 1.86 bits per heavy atom. The Balaban J connectivity index is 2.15. The quantitative estimate of drug-likeness (QED) is 0.473. The molecule has 1 aromatic heterocycles. The van der Waals surface area contributed by atoms with Gasteiger partial charge >= 0.3 is 0 Å². The third-order valence-electron chi connectivity index (χ3n) is 4.20. The molecule has 0 unspecified atom stereocenters. The second-order valence-corrected chi connectivity index (χ2v) is 6.48. The summed E-state index contributed by atoms with van der Waals surface area (Å²) in [6, 6.07) is 9.33. The Morgan fingerprint density at radius 1 is 1.14 bits per heavy atom. The predicted molar refractivity (Wildman–Crippen MR) is 113 cm³/mol. The zero-order chi connectivity index (χ0) is 20.2. The molecule has 2 rings (SSSR count). The molecule has 0 saturated carbocycles. The Labute approximate surface area is 167 Å². The Hall–Kier alpha value is -2.73. The fraction of sp³-hybridized carbons (Fsp3) is 0.409. The zero-order valence-corrected chi connectivity index (χ0v) is 17.0. The molecule has 0 radical (unpaired) electrons. The largest absolute Gasteiger partial charge is 0.493 e. The fourth-order valence-electron chi connectivity index (χ4n) is 3.02. The highest BCUT2D eigenvalue weighted by atomic mass is 16.5. The minimum Gasteiger partial charge on any atom is -0.493 e. The minimum atomic E-state index is -0.273. The molecular weight excluding hydrogens is 352 g/mol. The number of nitrogens with one attached hydrogen (secondary N) is 1. The normalized spacial score (nSPS) is 11.1. The average molecular weight is 383 g/mol. The van der Waals surface area contributed by atoms with Gasteiger partial charge in [0, 0.05) is 35.6 Å². The van der Waals surface area contributed by atoms with Crippen LogP contribution in [0.4, 0.5) is 0 Å². The van der Waals surface area contributed by atoms with Gasteiger partial charge in [-0.3, -0.25) is 14.7 Å². The standard InChI is InChI=1S/C22H30N4O2/c1-4-14-26(15-5-2)17-20-9-7-8-19(21(20)28-6-3)16-24-25-22(27)18-10-12-23-13-11-18/h7-13,16H,4-6,14-15,17H2,1-3H3,(H,25,27)/b24-16-. The van der Waals surface area contributed by atoms with Crippen molar-refractivity contribution < 1.29 is 9.53 Å². The number of amides is 1. The highest BCUT2D eigenvalue weighted by Crippen LogP contribution is 2.24. The molecule has 0 atom stereocenters. The maximum atomic E-state index is 12.1. The van der Waals surface area contributed by atoms with E-state index in [4.69, 9.17) is 4.74 Å². The predicted octanol–water partition coefficient (Wildman–Crippen LogP) is 3.87. The molecule has 6 nitrogen and oxygen atoms in total. The number of carbonyl (C=O) groups is 1. The first-order valence-corrected chi connectivity index (χ1v) is 9.90. The molecule has 0 fully saturated rings. The molecule has 1 aromatic carbocycles. The van der Waals surface area contributed by atoms with E-state index in [9.17, 15) is 4.79 Å². The summed E-state index contributed by atoms with van der Waals surface area (Å²) in [6.45, 7) is 9.88. The molecule has 1 amide bonds. The third kappa shape index (κ3) is 6.46. The molecular formula is C22H30N4O2. The highest BCUT2D eigenvalue weighted by molar-refractivity contribution is 5.95. The van der Waals surface area contributed by atoms with E-state index in [-0.39, 0.29) is 5.91 Å². The van der Waals surface area contributed by atoms with Gasteiger partial charge < -0.3 is 4.74 Å². The molecule has 0 spiro atoms. The minimum absolute atomic E-state index is 0.273. The van der Waals surface area contributed by atoms with Crippen LogP contribution in [0.1, 0.15) is 55.1 Å². The first-order chi connectivity index (χ1) is 13.7. The van der Waals surface area contributed by atoms with E-state index in [0.29, 0.717) is 12.2 Å². The summed E-state index contributed by atoms with van der Waals surface area (Å²) in [5.41, 5.74) is 5.05. The Bertz CT molecular complexity index is 756. The van der Waals surface area contributed by atoms with Crippen LogP contribution >= 0.6 is 0 Å². The fourth-order valence-corrected chi connectivity index (χ4v) is 3.02. The van der Waals surface area contributed by atoms with Gasteiger partial charge in [-0.2, -0.15) is 5.10 Å². The summed E-state index contributed by atoms with van der Waals surface area (Å²) in [4.78, 5) is 18.5. The highest BCUT2D eigenvalue weighted by Gasteiger charge is 2.12. The van der Waals surface area contributed by atoms with Crippen molar-refractivity contribution in [2.45, 2.75) is 40.2 Å². The van der Waals surface area contributed by atoms with Gasteiger partial charge in [-0.15, -0.1) is 0 Å². The van der Waals surface area contributed by atoms with E-state index < -0.39 is 0 Å². The van der Waals surface area contributed by atoms with Crippen LogP contribution in [0, 0.1) is 0 Å². The van der Waals surface area contributed by atoms with Crippen LogP contribution in [-0.4, -0.2) is 41.7 Å². The maximum absolute atomic E-state index is 12.1. The van der Waals surface area contributed by atoms with E-state index in [1.165, 1.54) is 0 Å². The van der Waals surface area contributed by atoms with Crippen LogP contribution in [0.15, 0.2) is 47.8 Å². The Kier molecular flexibility index (Phi) is 9.15. The topological polar surface area (TPSA) is 66.8 Å². The molecule has 0 aliphatic rings. The van der Waals surface area contributed by atoms with Crippen molar-refractivity contribution in [3.63, 3.8) is 0 Å². The molecule has 150 valence electrons. The number of pyridine rings is 1. The molecule has 0 aliphatic heterocycles. The summed E-state index contributed by atoms with van der Waals surface area (Å²) >= 11 is 0. The van der Waals surface area contributed by atoms with Crippen molar-refractivity contribution in [3.8, 4) is 5.75 Å². The van der Waals surface area contributed by atoms with Crippen molar-refractivity contribution in [1.82, 2.24) is 15.3 Å². The molecule has 0 saturated heterocycles. The van der Waals surface area contributed by atoms with Gasteiger partial charge in [-0.1, -0.05) is 26.0 Å². The number of aromatic nitrogens is 1. The summed E-state index contributed by atoms with van der Waals surface area (Å²) in [5.74, 6) is 0.550. The molecule has 6 heteroatoms. The van der Waals surface area contributed by atoms with Crippen molar-refractivity contribution in [2.75, 3.05) is 19.7 Å². The summed E-state index contributed by atoms with van der Waals surface area (Å²) in [5, 5.41) is 4.12. The van der Waals surface area contributed by atoms with Gasteiger partial charge in [-0.25, -0.2) is 5.43 Å². The van der Waals surface area contributed by atoms with Crippen molar-refractivity contribution in [2.24, 2.45) is 5.10 Å². The SMILES string of the molecule is CCCN(CCC)Cc1cccc(/C=N\NC(=O)c2ccncc2)c1OCC. The second-order valence-electron chi connectivity index (χ2n) is 6.48. The number of rotatable bonds is 11. The van der Waals surface area contributed by atoms with Gasteiger partial charge in [-0.05, 0) is 51.1 Å². The monoisotopic (exact) mass is 382 g/mol. The number of carbonyl (C=O) groups excluding carboxylic acids is 1. The van der Waals surface area contributed by atoms with Gasteiger partial charge in [0.25, 0.3) is 5.91 Å². The number of hydrogen-bond donors (Lipinski definition) is 1. The number of hydrogen-bond acceptors (Lipinski definition) is 5. The third-order valence-corrected chi connectivity index (χ3v) is 4.20. The van der Waals surface area contributed by atoms with Gasteiger partial charge in [0.15, 0.2) is 0 Å². The lowest BCUT2D eigenvalue weighted by atomic mass is 10.1. The number of hydrazone groups is 1. The van der Waals surface area contributed by atoms with E-state index in [1.54, 1.807) is 30.7 Å². The summed E-state index contributed by atoms with van der Waals surface area (Å²) in [7, 11) is 0. The number of ether oxygens (including phenoxy) is 1. The van der Waals surface area contributed by atoms with E-state index in [1.807, 2.05) is 19.1 Å². The van der Waals surface area contributed by atoms with Crippen LogP contribution in [0.3, 0.4) is 0 Å². The summed E-state index contributed by atoms with van der Waals surface area (Å²) < 4.78 is 5.93. The maximum Gasteiger partial charge on any atom is 0.271 e. The lowest BCUT2D eigenvalue weighted by Crippen LogP contribution is -2.25. The van der Waals surface area contributed by atoms with E-state index >= 15 is 0 Å². The number of nitrogens with zero attached hydrogens (tertiary/aromatic N) is 3. The van der Waals surface area contributed by atoms with Gasteiger partial charge in [0.2, 0.25) is 0 Å². The number of benzene rings is 1. The first kappa shape index (κ1) is 21.6. The van der Waals surface area contributed by atoms with E-state index in [2.05, 4.69) is 40.3 Å². The summed E-state index contributed by atoms with van der Waals surface area (Å²) in [6.07, 6.45) is 7.02. The Morgan fingerprint density at radius 3 is 2.50 bits per heavy atom. The first-order valence-electron chi connectivity index (χ1n) is 9.90. The van der Waals surface area contributed by atoms with Crippen LogP contribution in [-0.2, 0) is 6.54 Å². The van der Waals surface area contributed by atoms with Crippen LogP contribution in [0.25, 0.3) is 0 Å². The lowest BCUT2D eigenvalue weighted by Gasteiger charge is -2.23. The van der Waals surface area contributed by atoms with Crippen molar-refractivity contribution >= 4 is 12.1 Å². The van der Waals surface area contributed by atoms with Gasteiger partial charge in [0.1, 0.15) is 5.75 Å². The molecule has 0 aliphatic carbocycles. The van der Waals surface area contributed by atoms with Crippen LogP contribution in [0.5, 0.6) is 5.75 Å². The smallest absolute Gasteiger partial charge is 0.271 e. The molecule has 1 N–H and O–H groups in total. The van der Waals surface area contributed by atoms with Crippen molar-refractivity contribution in [1.29, 1.82) is 0 Å². The molecule has 28 heavy (non-hydrogen) atoms. The average Bonchev–Trinajstić information content (AvgIpc) is 2.71.